The third kappa shape index (κ3) is 5.18. The number of esters is 1. The van der Waals surface area contributed by atoms with Gasteiger partial charge in [0, 0.05) is 11.4 Å². The molecule has 0 unspecified atom stereocenters. The summed E-state index contributed by atoms with van der Waals surface area (Å²) in [6.45, 7) is 0.113. The van der Waals surface area contributed by atoms with Crippen molar-refractivity contribution < 1.29 is 19.4 Å². The van der Waals surface area contributed by atoms with Crippen LogP contribution in [0.2, 0.25) is 0 Å². The zero-order valence-corrected chi connectivity index (χ0v) is 18.9. The van der Waals surface area contributed by atoms with Crippen LogP contribution in [-0.2, 0) is 4.74 Å². The lowest BCUT2D eigenvalue weighted by molar-refractivity contribution is 0.0600. The molecule has 0 amide bonds. The summed E-state index contributed by atoms with van der Waals surface area (Å²) in [6, 6.07) is 20.5. The van der Waals surface area contributed by atoms with E-state index in [-0.39, 0.29) is 6.61 Å². The number of rotatable bonds is 9. The third-order valence-corrected chi connectivity index (χ3v) is 6.45. The zero-order valence-electron chi connectivity index (χ0n) is 17.2. The molecule has 32 heavy (non-hydrogen) atoms. The Morgan fingerprint density at radius 1 is 1.09 bits per heavy atom. The number of aliphatic hydroxyl groups excluding tert-OH is 1. The molecule has 9 heteroatoms. The van der Waals surface area contributed by atoms with Crippen LogP contribution >= 0.6 is 23.1 Å². The number of nitrogens with zero attached hydrogens (tertiary/aromatic N) is 3. The lowest BCUT2D eigenvalue weighted by atomic mass is 10.2. The van der Waals surface area contributed by atoms with Gasteiger partial charge in [-0.25, -0.2) is 4.79 Å². The predicted molar refractivity (Wildman–Crippen MR) is 125 cm³/mol. The molecule has 4 aromatic rings. The van der Waals surface area contributed by atoms with Gasteiger partial charge in [0.2, 0.25) is 0 Å². The molecule has 4 rings (SSSR count). The molecule has 1 N–H and O–H groups in total. The Bertz CT molecular complexity index is 1150. The number of benzene rings is 2. The van der Waals surface area contributed by atoms with Gasteiger partial charge < -0.3 is 14.6 Å². The number of aromatic nitrogens is 3. The summed E-state index contributed by atoms with van der Waals surface area (Å²) in [5.74, 6) is 1.31. The van der Waals surface area contributed by atoms with E-state index in [9.17, 15) is 9.90 Å². The fraction of sp³-hybridized carbons (Fsp3) is 0.174. The second-order valence-corrected chi connectivity index (χ2v) is 8.68. The number of aliphatic hydroxyl groups is 1. The van der Waals surface area contributed by atoms with Crippen molar-refractivity contribution in [3.05, 3.63) is 77.7 Å². The molecule has 0 aliphatic rings. The van der Waals surface area contributed by atoms with Crippen molar-refractivity contribution in [3.8, 4) is 22.1 Å². The van der Waals surface area contributed by atoms with Crippen LogP contribution in [0, 0.1) is 0 Å². The second kappa shape index (κ2) is 10.4. The van der Waals surface area contributed by atoms with Crippen LogP contribution in [0.5, 0.6) is 5.75 Å². The quantitative estimate of drug-likeness (QED) is 0.290. The Balaban J connectivity index is 1.41. The van der Waals surface area contributed by atoms with Gasteiger partial charge in [0.05, 0.1) is 23.7 Å². The monoisotopic (exact) mass is 467 g/mol. The van der Waals surface area contributed by atoms with Gasteiger partial charge >= 0.3 is 5.97 Å². The molecule has 0 spiro atoms. The number of thioether (sulfide) groups is 1. The van der Waals surface area contributed by atoms with Crippen LogP contribution in [-0.4, -0.2) is 51.4 Å². The van der Waals surface area contributed by atoms with E-state index in [1.807, 2.05) is 52.4 Å². The van der Waals surface area contributed by atoms with E-state index in [4.69, 9.17) is 4.74 Å². The van der Waals surface area contributed by atoms with Gasteiger partial charge in [0.15, 0.2) is 11.0 Å². The summed E-state index contributed by atoms with van der Waals surface area (Å²) in [7, 11) is 1.34. The van der Waals surface area contributed by atoms with Crippen molar-refractivity contribution in [3.63, 3.8) is 0 Å². The number of hydrogen-bond donors (Lipinski definition) is 1. The Kier molecular flexibility index (Phi) is 7.21. The minimum absolute atomic E-state index is 0.113. The van der Waals surface area contributed by atoms with E-state index in [1.165, 1.54) is 18.9 Å². The lowest BCUT2D eigenvalue weighted by Crippen LogP contribution is -2.20. The van der Waals surface area contributed by atoms with Crippen molar-refractivity contribution >= 4 is 29.1 Å². The Morgan fingerprint density at radius 3 is 2.56 bits per heavy atom. The normalized spacial score (nSPS) is 11.8. The van der Waals surface area contributed by atoms with E-state index in [0.717, 1.165) is 16.4 Å². The van der Waals surface area contributed by atoms with Crippen molar-refractivity contribution in [1.29, 1.82) is 0 Å². The summed E-state index contributed by atoms with van der Waals surface area (Å²) in [5.41, 5.74) is 1.40. The Hall–Kier alpha value is -3.14. The van der Waals surface area contributed by atoms with Crippen molar-refractivity contribution in [1.82, 2.24) is 14.8 Å². The van der Waals surface area contributed by atoms with Crippen LogP contribution in [0.3, 0.4) is 0 Å². The number of carbonyl (C=O) groups is 1. The number of para-hydroxylation sites is 1. The van der Waals surface area contributed by atoms with E-state index < -0.39 is 12.1 Å². The van der Waals surface area contributed by atoms with Crippen LogP contribution in [0.4, 0.5) is 0 Å². The van der Waals surface area contributed by atoms with Gasteiger partial charge in [-0.05, 0) is 47.8 Å². The summed E-state index contributed by atoms with van der Waals surface area (Å²) < 4.78 is 12.3. The minimum atomic E-state index is -0.716. The first kappa shape index (κ1) is 22.1. The lowest BCUT2D eigenvalue weighted by Gasteiger charge is -2.13. The fourth-order valence-electron chi connectivity index (χ4n) is 2.95. The van der Waals surface area contributed by atoms with Gasteiger partial charge in [-0.3, -0.25) is 4.57 Å². The van der Waals surface area contributed by atoms with Crippen LogP contribution in [0.1, 0.15) is 10.4 Å². The Morgan fingerprint density at radius 2 is 1.88 bits per heavy atom. The van der Waals surface area contributed by atoms with Crippen molar-refractivity contribution in [2.75, 3.05) is 19.5 Å². The van der Waals surface area contributed by atoms with Gasteiger partial charge in [0.25, 0.3) is 0 Å². The largest absolute Gasteiger partial charge is 0.491 e. The average molecular weight is 468 g/mol. The molecule has 1 atom stereocenters. The molecule has 2 aromatic heterocycles. The second-order valence-electron chi connectivity index (χ2n) is 6.75. The summed E-state index contributed by atoms with van der Waals surface area (Å²) in [6.07, 6.45) is -0.716. The Labute approximate surface area is 193 Å². The molecule has 0 aliphatic heterocycles. The molecule has 2 heterocycles. The third-order valence-electron chi connectivity index (χ3n) is 4.51. The predicted octanol–water partition coefficient (Wildman–Crippen LogP) is 4.31. The first-order chi connectivity index (χ1) is 15.7. The topological polar surface area (TPSA) is 86.5 Å². The van der Waals surface area contributed by atoms with Crippen LogP contribution in [0.25, 0.3) is 16.4 Å². The standard InChI is InChI=1S/C23H21N3O4S2/c1-29-22(28)16-9-11-19(12-10-16)30-14-18(27)15-32-23-25-24-21(20-8-5-13-31-20)26(23)17-6-3-2-4-7-17/h2-13,18,27H,14-15H2,1H3/t18-/m1/s1. The molecular weight excluding hydrogens is 446 g/mol. The molecule has 0 bridgehead atoms. The van der Waals surface area contributed by atoms with Crippen molar-refractivity contribution in [2.24, 2.45) is 0 Å². The highest BCUT2D eigenvalue weighted by molar-refractivity contribution is 7.99. The number of carbonyl (C=O) groups excluding carboxylic acids is 1. The summed E-state index contributed by atoms with van der Waals surface area (Å²) in [4.78, 5) is 12.5. The molecule has 7 nitrogen and oxygen atoms in total. The fourth-order valence-corrected chi connectivity index (χ4v) is 4.51. The maximum atomic E-state index is 11.5. The van der Waals surface area contributed by atoms with E-state index in [1.54, 1.807) is 35.6 Å². The summed E-state index contributed by atoms with van der Waals surface area (Å²) >= 11 is 3.02. The van der Waals surface area contributed by atoms with Crippen LogP contribution < -0.4 is 4.74 Å². The van der Waals surface area contributed by atoms with E-state index in [2.05, 4.69) is 14.9 Å². The highest BCUT2D eigenvalue weighted by atomic mass is 32.2. The SMILES string of the molecule is COC(=O)c1ccc(OC[C@@H](O)CSc2nnc(-c3cccs3)n2-c2ccccc2)cc1. The van der Waals surface area contributed by atoms with Gasteiger partial charge in [-0.15, -0.1) is 21.5 Å². The average Bonchev–Trinajstić information content (AvgIpc) is 3.51. The molecule has 0 saturated heterocycles. The highest BCUT2D eigenvalue weighted by Crippen LogP contribution is 2.30. The minimum Gasteiger partial charge on any atom is -0.491 e. The van der Waals surface area contributed by atoms with Gasteiger partial charge in [-0.2, -0.15) is 0 Å². The first-order valence-electron chi connectivity index (χ1n) is 9.82. The summed E-state index contributed by atoms with van der Waals surface area (Å²) in [5, 5.41) is 21.9. The first-order valence-corrected chi connectivity index (χ1v) is 11.7. The number of methoxy groups -OCH3 is 1. The molecule has 0 saturated carbocycles. The van der Waals surface area contributed by atoms with Crippen LogP contribution in [0.15, 0.2) is 77.3 Å². The zero-order chi connectivity index (χ0) is 22.3. The maximum absolute atomic E-state index is 11.5. The van der Waals surface area contributed by atoms with E-state index >= 15 is 0 Å². The molecule has 0 fully saturated rings. The van der Waals surface area contributed by atoms with Gasteiger partial charge in [-0.1, -0.05) is 36.0 Å². The molecule has 0 aliphatic carbocycles. The smallest absolute Gasteiger partial charge is 0.337 e. The molecule has 0 radical (unpaired) electrons. The molecule has 164 valence electrons. The highest BCUT2D eigenvalue weighted by Gasteiger charge is 2.18. The van der Waals surface area contributed by atoms with E-state index in [0.29, 0.717) is 22.2 Å². The number of hydrogen-bond acceptors (Lipinski definition) is 8. The number of ether oxygens (including phenoxy) is 2. The van der Waals surface area contributed by atoms with Gasteiger partial charge in [0.1, 0.15) is 12.4 Å². The molecule has 2 aromatic carbocycles. The van der Waals surface area contributed by atoms with Crippen molar-refractivity contribution in [2.45, 2.75) is 11.3 Å². The molecular formula is C23H21N3O4S2. The maximum Gasteiger partial charge on any atom is 0.337 e. The number of thiophene rings is 1.